The van der Waals surface area contributed by atoms with E-state index in [-0.39, 0.29) is 5.91 Å². The van der Waals surface area contributed by atoms with Gasteiger partial charge < -0.3 is 15.0 Å². The lowest BCUT2D eigenvalue weighted by Gasteiger charge is -2.20. The minimum atomic E-state index is -0.449. The maximum atomic E-state index is 11.9. The predicted molar refractivity (Wildman–Crippen MR) is 80.0 cm³/mol. The number of ether oxygens (including phenoxy) is 1. The second-order valence-corrected chi connectivity index (χ2v) is 5.47. The summed E-state index contributed by atoms with van der Waals surface area (Å²) in [4.78, 5) is 13.5. The fourth-order valence-electron chi connectivity index (χ4n) is 2.79. The summed E-state index contributed by atoms with van der Waals surface area (Å²) in [5, 5.41) is 3.49. The standard InChI is InChI=1S/C16H24N2O2/c1-5-17-14-10-9-13-12(14)7-6-8-15(13)20-11(2)16(19)18(3)4/h6-8,11,14,17H,5,9-10H2,1-4H3. The quantitative estimate of drug-likeness (QED) is 0.896. The van der Waals surface area contributed by atoms with Crippen molar-refractivity contribution in [2.45, 2.75) is 38.8 Å². The Morgan fingerprint density at radius 3 is 2.90 bits per heavy atom. The van der Waals surface area contributed by atoms with Gasteiger partial charge in [-0.15, -0.1) is 0 Å². The van der Waals surface area contributed by atoms with Gasteiger partial charge in [0, 0.05) is 20.1 Å². The molecule has 1 aliphatic carbocycles. The van der Waals surface area contributed by atoms with Gasteiger partial charge in [-0.05, 0) is 43.5 Å². The van der Waals surface area contributed by atoms with Crippen LogP contribution in [0.15, 0.2) is 18.2 Å². The Morgan fingerprint density at radius 1 is 1.50 bits per heavy atom. The summed E-state index contributed by atoms with van der Waals surface area (Å²) in [5.74, 6) is 0.842. The molecule has 0 aliphatic heterocycles. The fraction of sp³-hybridized carbons (Fsp3) is 0.562. The van der Waals surface area contributed by atoms with Crippen molar-refractivity contribution in [3.63, 3.8) is 0 Å². The van der Waals surface area contributed by atoms with Crippen molar-refractivity contribution < 1.29 is 9.53 Å². The van der Waals surface area contributed by atoms with E-state index in [1.54, 1.807) is 25.9 Å². The smallest absolute Gasteiger partial charge is 0.262 e. The van der Waals surface area contributed by atoms with Crippen molar-refractivity contribution in [3.8, 4) is 5.75 Å². The predicted octanol–water partition coefficient (Wildman–Crippen LogP) is 2.14. The van der Waals surface area contributed by atoms with Crippen molar-refractivity contribution in [3.05, 3.63) is 29.3 Å². The molecule has 1 N–H and O–H groups in total. The number of nitrogens with zero attached hydrogens (tertiary/aromatic N) is 1. The van der Waals surface area contributed by atoms with E-state index in [2.05, 4.69) is 18.3 Å². The highest BCUT2D eigenvalue weighted by Crippen LogP contribution is 2.37. The number of fused-ring (bicyclic) bond motifs is 1. The van der Waals surface area contributed by atoms with Crippen LogP contribution in [0.1, 0.15) is 37.4 Å². The molecule has 1 aliphatic rings. The largest absolute Gasteiger partial charge is 0.481 e. The van der Waals surface area contributed by atoms with E-state index in [1.165, 1.54) is 11.1 Å². The van der Waals surface area contributed by atoms with Gasteiger partial charge in [-0.2, -0.15) is 0 Å². The number of rotatable bonds is 5. The average Bonchev–Trinajstić information content (AvgIpc) is 2.82. The summed E-state index contributed by atoms with van der Waals surface area (Å²) in [6, 6.07) is 6.54. The van der Waals surface area contributed by atoms with Gasteiger partial charge in [0.25, 0.3) is 5.91 Å². The van der Waals surface area contributed by atoms with E-state index < -0.39 is 6.10 Å². The molecule has 2 rings (SSSR count). The van der Waals surface area contributed by atoms with Gasteiger partial charge in [0.2, 0.25) is 0 Å². The van der Waals surface area contributed by atoms with E-state index in [4.69, 9.17) is 4.74 Å². The molecule has 1 aromatic rings. The van der Waals surface area contributed by atoms with Gasteiger partial charge in [-0.25, -0.2) is 0 Å². The van der Waals surface area contributed by atoms with Crippen LogP contribution in [-0.4, -0.2) is 37.6 Å². The molecule has 0 radical (unpaired) electrons. The van der Waals surface area contributed by atoms with Crippen LogP contribution in [0.25, 0.3) is 0 Å². The third kappa shape index (κ3) is 2.96. The number of carbonyl (C=O) groups excluding carboxylic acids is 1. The third-order valence-electron chi connectivity index (χ3n) is 3.77. The van der Waals surface area contributed by atoms with Crippen molar-refractivity contribution in [2.75, 3.05) is 20.6 Å². The van der Waals surface area contributed by atoms with Crippen molar-refractivity contribution in [2.24, 2.45) is 0 Å². The summed E-state index contributed by atoms with van der Waals surface area (Å²) in [7, 11) is 3.50. The van der Waals surface area contributed by atoms with Gasteiger partial charge in [-0.1, -0.05) is 19.1 Å². The molecule has 0 saturated carbocycles. The number of amides is 1. The highest BCUT2D eigenvalue weighted by atomic mass is 16.5. The molecule has 0 aromatic heterocycles. The molecule has 0 spiro atoms. The van der Waals surface area contributed by atoms with Crippen LogP contribution in [0.5, 0.6) is 5.75 Å². The lowest BCUT2D eigenvalue weighted by Crippen LogP contribution is -2.35. The molecule has 2 unspecified atom stereocenters. The highest BCUT2D eigenvalue weighted by Gasteiger charge is 2.26. The normalized spacial score (nSPS) is 18.5. The Labute approximate surface area is 121 Å². The molecular weight excluding hydrogens is 252 g/mol. The molecule has 4 nitrogen and oxygen atoms in total. The first-order valence-corrected chi connectivity index (χ1v) is 7.27. The van der Waals surface area contributed by atoms with E-state index in [9.17, 15) is 4.79 Å². The number of benzene rings is 1. The van der Waals surface area contributed by atoms with Crippen LogP contribution >= 0.6 is 0 Å². The van der Waals surface area contributed by atoms with E-state index >= 15 is 0 Å². The number of carbonyl (C=O) groups is 1. The Balaban J connectivity index is 2.17. The highest BCUT2D eigenvalue weighted by molar-refractivity contribution is 5.80. The van der Waals surface area contributed by atoms with Crippen molar-refractivity contribution in [1.82, 2.24) is 10.2 Å². The summed E-state index contributed by atoms with van der Waals surface area (Å²) in [6.07, 6.45) is 1.65. The summed E-state index contributed by atoms with van der Waals surface area (Å²) < 4.78 is 5.89. The molecule has 20 heavy (non-hydrogen) atoms. The zero-order valence-electron chi connectivity index (χ0n) is 12.8. The van der Waals surface area contributed by atoms with Crippen LogP contribution in [-0.2, 0) is 11.2 Å². The fourth-order valence-corrected chi connectivity index (χ4v) is 2.79. The second kappa shape index (κ2) is 6.27. The van der Waals surface area contributed by atoms with Gasteiger partial charge in [-0.3, -0.25) is 4.79 Å². The lowest BCUT2D eigenvalue weighted by atomic mass is 10.1. The molecule has 110 valence electrons. The van der Waals surface area contributed by atoms with Gasteiger partial charge in [0.05, 0.1) is 0 Å². The first-order chi connectivity index (χ1) is 9.54. The first kappa shape index (κ1) is 14.9. The summed E-state index contributed by atoms with van der Waals surface area (Å²) >= 11 is 0. The number of hydrogen-bond donors (Lipinski definition) is 1. The number of nitrogens with one attached hydrogen (secondary N) is 1. The Bertz CT molecular complexity index is 485. The third-order valence-corrected chi connectivity index (χ3v) is 3.77. The Kier molecular flexibility index (Phi) is 4.65. The topological polar surface area (TPSA) is 41.6 Å². The maximum Gasteiger partial charge on any atom is 0.262 e. The Morgan fingerprint density at radius 2 is 2.25 bits per heavy atom. The van der Waals surface area contributed by atoms with Crippen molar-refractivity contribution in [1.29, 1.82) is 0 Å². The van der Waals surface area contributed by atoms with Crippen LogP contribution in [0.4, 0.5) is 0 Å². The SMILES string of the molecule is CCNC1CCc2c(OC(C)C(=O)N(C)C)cccc21. The first-order valence-electron chi connectivity index (χ1n) is 7.27. The van der Waals surface area contributed by atoms with Crippen LogP contribution in [0, 0.1) is 0 Å². The van der Waals surface area contributed by atoms with E-state index in [0.717, 1.165) is 25.1 Å². The van der Waals surface area contributed by atoms with E-state index in [1.807, 2.05) is 12.1 Å². The summed E-state index contributed by atoms with van der Waals surface area (Å²) in [6.45, 7) is 4.89. The van der Waals surface area contributed by atoms with Crippen molar-refractivity contribution >= 4 is 5.91 Å². The van der Waals surface area contributed by atoms with Crippen LogP contribution < -0.4 is 10.1 Å². The molecule has 2 atom stereocenters. The zero-order chi connectivity index (χ0) is 14.7. The average molecular weight is 276 g/mol. The van der Waals surface area contributed by atoms with Crippen LogP contribution in [0.3, 0.4) is 0 Å². The number of hydrogen-bond acceptors (Lipinski definition) is 3. The molecule has 0 heterocycles. The molecule has 1 amide bonds. The monoisotopic (exact) mass is 276 g/mol. The van der Waals surface area contributed by atoms with E-state index in [0.29, 0.717) is 6.04 Å². The lowest BCUT2D eigenvalue weighted by molar-refractivity contribution is -0.135. The molecule has 0 fully saturated rings. The van der Waals surface area contributed by atoms with Crippen LogP contribution in [0.2, 0.25) is 0 Å². The molecule has 0 saturated heterocycles. The molecule has 0 bridgehead atoms. The Hall–Kier alpha value is -1.55. The zero-order valence-corrected chi connectivity index (χ0v) is 12.8. The molecule has 1 aromatic carbocycles. The minimum Gasteiger partial charge on any atom is -0.481 e. The minimum absolute atomic E-state index is 0.0103. The second-order valence-electron chi connectivity index (χ2n) is 5.47. The molecule has 4 heteroatoms. The molecular formula is C16H24N2O2. The van der Waals surface area contributed by atoms with Gasteiger partial charge in [0.15, 0.2) is 6.10 Å². The maximum absolute atomic E-state index is 11.9. The summed E-state index contributed by atoms with van der Waals surface area (Å²) in [5.41, 5.74) is 2.56. The number of likely N-dealkylation sites (N-methyl/N-ethyl adjacent to an activating group) is 1. The van der Waals surface area contributed by atoms with Gasteiger partial charge >= 0.3 is 0 Å². The van der Waals surface area contributed by atoms with Gasteiger partial charge in [0.1, 0.15) is 5.75 Å².